The summed E-state index contributed by atoms with van der Waals surface area (Å²) in [5, 5.41) is 13.8. The molecule has 1 amide bonds. The van der Waals surface area contributed by atoms with Gasteiger partial charge >= 0.3 is 6.18 Å². The number of hydrogen-bond acceptors (Lipinski definition) is 6. The van der Waals surface area contributed by atoms with E-state index in [4.69, 9.17) is 5.26 Å². The van der Waals surface area contributed by atoms with E-state index in [1.54, 1.807) is 30.3 Å². The zero-order chi connectivity index (χ0) is 25.2. The van der Waals surface area contributed by atoms with E-state index in [0.29, 0.717) is 11.1 Å². The van der Waals surface area contributed by atoms with Crippen LogP contribution in [0.1, 0.15) is 33.9 Å². The molecule has 11 heteroatoms. The van der Waals surface area contributed by atoms with E-state index in [-0.39, 0.29) is 22.6 Å². The molecule has 7 nitrogen and oxygen atoms in total. The Labute approximate surface area is 199 Å². The maximum absolute atomic E-state index is 13.4. The molecule has 0 bridgehead atoms. The molecule has 178 valence electrons. The molecule has 35 heavy (non-hydrogen) atoms. The number of alkyl halides is 3. The molecule has 3 aromatic carbocycles. The highest BCUT2D eigenvalue weighted by Gasteiger charge is 2.43. The second-order valence-electron chi connectivity index (χ2n) is 7.64. The van der Waals surface area contributed by atoms with Crippen LogP contribution >= 0.6 is 0 Å². The summed E-state index contributed by atoms with van der Waals surface area (Å²) in [6.45, 7) is 0. The number of nitrogens with zero attached hydrogens (tertiary/aromatic N) is 3. The number of benzene rings is 3. The Morgan fingerprint density at radius 1 is 1.00 bits per heavy atom. The number of nitrogens with one attached hydrogen (secondary N) is 1. The van der Waals surface area contributed by atoms with Crippen molar-refractivity contribution < 1.29 is 26.4 Å². The van der Waals surface area contributed by atoms with Crippen LogP contribution in [0.5, 0.6) is 0 Å². The van der Waals surface area contributed by atoms with Gasteiger partial charge in [0, 0.05) is 12.0 Å². The van der Waals surface area contributed by atoms with Crippen LogP contribution in [0, 0.1) is 11.3 Å². The minimum absolute atomic E-state index is 0.0426. The summed E-state index contributed by atoms with van der Waals surface area (Å²) in [4.78, 5) is 12.1. The van der Waals surface area contributed by atoms with Crippen molar-refractivity contribution in [3.63, 3.8) is 0 Å². The topological polar surface area (TPSA) is 103 Å². The standard InChI is InChI=1S/C24H17F3N4O3S/c25-24(26,27)22-14-21(17-4-2-1-3-5-17)31(29-22)19-10-12-20(13-11-19)35(33,34)30-23(32)18-8-6-16(15-28)7-9-18/h1-13,21H,14H2,(H,30,32). The van der Waals surface area contributed by atoms with E-state index < -0.39 is 33.9 Å². The van der Waals surface area contributed by atoms with Crippen molar-refractivity contribution in [1.29, 1.82) is 5.26 Å². The first kappa shape index (κ1) is 24.0. The van der Waals surface area contributed by atoms with Crippen LogP contribution in [-0.2, 0) is 10.0 Å². The molecule has 0 radical (unpaired) electrons. The van der Waals surface area contributed by atoms with Gasteiger partial charge in [0.05, 0.1) is 28.3 Å². The zero-order valence-corrected chi connectivity index (χ0v) is 18.7. The average Bonchev–Trinajstić information content (AvgIpc) is 3.31. The second kappa shape index (κ2) is 9.23. The second-order valence-corrected chi connectivity index (χ2v) is 9.32. The number of anilines is 1. The fourth-order valence-corrected chi connectivity index (χ4v) is 4.54. The highest BCUT2D eigenvalue weighted by atomic mass is 32.2. The number of hydrazone groups is 1. The van der Waals surface area contributed by atoms with Crippen molar-refractivity contribution in [3.8, 4) is 6.07 Å². The largest absolute Gasteiger partial charge is 0.431 e. The van der Waals surface area contributed by atoms with Crippen molar-refractivity contribution in [2.75, 3.05) is 5.01 Å². The molecule has 0 fully saturated rings. The molecular weight excluding hydrogens is 481 g/mol. The molecule has 0 saturated heterocycles. The zero-order valence-electron chi connectivity index (χ0n) is 17.9. The van der Waals surface area contributed by atoms with E-state index in [1.807, 2.05) is 10.8 Å². The third-order valence-electron chi connectivity index (χ3n) is 5.34. The fraction of sp³-hybridized carbons (Fsp3) is 0.125. The van der Waals surface area contributed by atoms with E-state index >= 15 is 0 Å². The first-order valence-corrected chi connectivity index (χ1v) is 11.7. The maximum atomic E-state index is 13.4. The predicted octanol–water partition coefficient (Wildman–Crippen LogP) is 4.55. The van der Waals surface area contributed by atoms with Crippen LogP contribution in [0.2, 0.25) is 0 Å². The Bertz CT molecular complexity index is 1410. The van der Waals surface area contributed by atoms with Gasteiger partial charge in [-0.1, -0.05) is 30.3 Å². The normalized spacial score (nSPS) is 15.9. The number of carbonyl (C=O) groups is 1. The Kier molecular flexibility index (Phi) is 6.32. The van der Waals surface area contributed by atoms with Crippen molar-refractivity contribution in [2.45, 2.75) is 23.5 Å². The Balaban J connectivity index is 1.58. The number of nitriles is 1. The molecule has 0 aromatic heterocycles. The van der Waals surface area contributed by atoms with Crippen molar-refractivity contribution in [3.05, 3.63) is 95.6 Å². The molecule has 4 rings (SSSR count). The molecule has 0 saturated carbocycles. The molecule has 1 unspecified atom stereocenters. The highest BCUT2D eigenvalue weighted by Crippen LogP contribution is 2.39. The maximum Gasteiger partial charge on any atom is 0.431 e. The van der Waals surface area contributed by atoms with Crippen LogP contribution in [0.25, 0.3) is 0 Å². The van der Waals surface area contributed by atoms with Gasteiger partial charge in [-0.05, 0) is 54.1 Å². The van der Waals surface area contributed by atoms with Crippen LogP contribution in [-0.4, -0.2) is 26.2 Å². The van der Waals surface area contributed by atoms with Crippen molar-refractivity contribution in [1.82, 2.24) is 4.72 Å². The van der Waals surface area contributed by atoms with Gasteiger partial charge in [-0.2, -0.15) is 23.5 Å². The lowest BCUT2D eigenvalue weighted by molar-refractivity contribution is -0.0600. The number of rotatable bonds is 5. The molecule has 1 aliphatic heterocycles. The summed E-state index contributed by atoms with van der Waals surface area (Å²) in [6.07, 6.45) is -4.95. The lowest BCUT2D eigenvalue weighted by Gasteiger charge is -2.24. The lowest BCUT2D eigenvalue weighted by atomic mass is 10.0. The molecule has 1 N–H and O–H groups in total. The fourth-order valence-electron chi connectivity index (χ4n) is 3.57. The summed E-state index contributed by atoms with van der Waals surface area (Å²) >= 11 is 0. The van der Waals surface area contributed by atoms with E-state index in [2.05, 4.69) is 5.10 Å². The Morgan fingerprint density at radius 3 is 2.20 bits per heavy atom. The minimum Gasteiger partial charge on any atom is -0.268 e. The van der Waals surface area contributed by atoms with E-state index in [0.717, 1.165) is 0 Å². The lowest BCUT2D eigenvalue weighted by Crippen LogP contribution is -2.30. The third kappa shape index (κ3) is 5.17. The van der Waals surface area contributed by atoms with E-state index in [1.165, 1.54) is 53.5 Å². The first-order chi connectivity index (χ1) is 16.6. The molecule has 0 aliphatic carbocycles. The van der Waals surface area contributed by atoms with Gasteiger partial charge in [-0.15, -0.1) is 0 Å². The van der Waals surface area contributed by atoms with Crippen LogP contribution < -0.4 is 9.73 Å². The van der Waals surface area contributed by atoms with Gasteiger partial charge in [0.15, 0.2) is 0 Å². The van der Waals surface area contributed by atoms with Gasteiger partial charge < -0.3 is 0 Å². The minimum atomic E-state index is -4.60. The average molecular weight is 498 g/mol. The highest BCUT2D eigenvalue weighted by molar-refractivity contribution is 7.90. The smallest absolute Gasteiger partial charge is 0.268 e. The summed E-state index contributed by atoms with van der Waals surface area (Å²) < 4.78 is 67.4. The van der Waals surface area contributed by atoms with Crippen LogP contribution in [0.4, 0.5) is 18.9 Å². The number of amides is 1. The molecule has 1 heterocycles. The summed E-state index contributed by atoms with van der Waals surface area (Å²) in [5.41, 5.74) is 0.308. The van der Waals surface area contributed by atoms with Gasteiger partial charge in [-0.3, -0.25) is 9.80 Å². The van der Waals surface area contributed by atoms with Crippen LogP contribution in [0.3, 0.4) is 0 Å². The van der Waals surface area contributed by atoms with Crippen molar-refractivity contribution >= 4 is 27.3 Å². The van der Waals surface area contributed by atoms with Gasteiger partial charge in [-0.25, -0.2) is 13.1 Å². The number of carbonyl (C=O) groups excluding carboxylic acids is 1. The van der Waals surface area contributed by atoms with Gasteiger partial charge in [0.1, 0.15) is 5.71 Å². The molecule has 1 atom stereocenters. The molecule has 1 aliphatic rings. The SMILES string of the molecule is N#Cc1ccc(C(=O)NS(=O)(=O)c2ccc(N3N=C(C(F)(F)F)CC3c3ccccc3)cc2)cc1. The van der Waals surface area contributed by atoms with Gasteiger partial charge in [0.2, 0.25) is 0 Å². The number of sulfonamides is 1. The molecule has 3 aromatic rings. The monoisotopic (exact) mass is 498 g/mol. The van der Waals surface area contributed by atoms with Crippen molar-refractivity contribution in [2.24, 2.45) is 5.10 Å². The van der Waals surface area contributed by atoms with Crippen LogP contribution in [0.15, 0.2) is 88.9 Å². The number of hydrogen-bond donors (Lipinski definition) is 1. The Morgan fingerprint density at radius 2 is 1.63 bits per heavy atom. The van der Waals surface area contributed by atoms with Gasteiger partial charge in [0.25, 0.3) is 15.9 Å². The Hall–Kier alpha value is -4.17. The third-order valence-corrected chi connectivity index (χ3v) is 6.68. The molecular formula is C24H17F3N4O3S. The quantitative estimate of drug-likeness (QED) is 0.556. The predicted molar refractivity (Wildman–Crippen MR) is 122 cm³/mol. The molecule has 0 spiro atoms. The number of halogens is 3. The summed E-state index contributed by atoms with van der Waals surface area (Å²) in [7, 11) is -4.26. The van der Waals surface area contributed by atoms with E-state index in [9.17, 15) is 26.4 Å². The first-order valence-electron chi connectivity index (χ1n) is 10.2. The summed E-state index contributed by atoms with van der Waals surface area (Å²) in [6, 6.07) is 20.2. The summed E-state index contributed by atoms with van der Waals surface area (Å²) in [5.74, 6) is -0.887.